The van der Waals surface area contributed by atoms with Gasteiger partial charge in [-0.2, -0.15) is 0 Å². The van der Waals surface area contributed by atoms with Crippen molar-refractivity contribution in [3.8, 4) is 0 Å². The van der Waals surface area contributed by atoms with Crippen LogP contribution in [0.15, 0.2) is 52.3 Å². The molecule has 1 aromatic heterocycles. The van der Waals surface area contributed by atoms with Crippen molar-refractivity contribution in [3.05, 3.63) is 42.2 Å². The van der Waals surface area contributed by atoms with Gasteiger partial charge in [0.2, 0.25) is 5.91 Å². The summed E-state index contributed by atoms with van der Waals surface area (Å²) in [5, 5.41) is 11.7. The average molecular weight is 328 g/mol. The van der Waals surface area contributed by atoms with Crippen LogP contribution in [-0.4, -0.2) is 20.7 Å². The average Bonchev–Trinajstić information content (AvgIpc) is 2.95. The molecule has 0 bridgehead atoms. The number of anilines is 1. The number of aromatic nitrogens is 3. The number of aryl methyl sites for hydroxylation is 1. The first kappa shape index (κ1) is 15.8. The molecule has 1 saturated carbocycles. The minimum Gasteiger partial charge on any atom is -0.323 e. The summed E-state index contributed by atoms with van der Waals surface area (Å²) >= 11 is 1.54. The molecule has 1 N–H and O–H groups in total. The Morgan fingerprint density at radius 2 is 1.96 bits per heavy atom. The molecular formula is C17H20N4OS. The predicted octanol–water partition coefficient (Wildman–Crippen LogP) is 3.80. The molecule has 1 aromatic carbocycles. The largest absolute Gasteiger partial charge is 0.323 e. The summed E-state index contributed by atoms with van der Waals surface area (Å²) in [5.74, 6) is -0.0318. The van der Waals surface area contributed by atoms with Crippen molar-refractivity contribution in [2.45, 2.75) is 42.2 Å². The van der Waals surface area contributed by atoms with Crippen molar-refractivity contribution in [1.29, 1.82) is 0 Å². The Morgan fingerprint density at radius 3 is 2.61 bits per heavy atom. The third-order valence-electron chi connectivity index (χ3n) is 3.83. The molecule has 0 radical (unpaired) electrons. The third-order valence-corrected chi connectivity index (χ3v) is 4.89. The van der Waals surface area contributed by atoms with Gasteiger partial charge >= 0.3 is 0 Å². The molecule has 1 fully saturated rings. The van der Waals surface area contributed by atoms with Crippen LogP contribution in [0.25, 0.3) is 0 Å². The first-order valence-electron chi connectivity index (χ1n) is 7.83. The van der Waals surface area contributed by atoms with Crippen molar-refractivity contribution in [3.63, 3.8) is 0 Å². The quantitative estimate of drug-likeness (QED) is 0.867. The molecule has 1 aliphatic carbocycles. The van der Waals surface area contributed by atoms with Gasteiger partial charge in [-0.1, -0.05) is 12.0 Å². The summed E-state index contributed by atoms with van der Waals surface area (Å²) in [5.41, 5.74) is 2.08. The molecule has 0 spiro atoms. The monoisotopic (exact) mass is 328 g/mol. The van der Waals surface area contributed by atoms with Crippen LogP contribution in [0.4, 0.5) is 5.69 Å². The van der Waals surface area contributed by atoms with Gasteiger partial charge in [-0.25, -0.2) is 0 Å². The van der Waals surface area contributed by atoms with Crippen LogP contribution in [0.5, 0.6) is 0 Å². The second-order valence-electron chi connectivity index (χ2n) is 5.70. The van der Waals surface area contributed by atoms with E-state index in [1.54, 1.807) is 24.2 Å². The zero-order valence-electron chi connectivity index (χ0n) is 13.2. The summed E-state index contributed by atoms with van der Waals surface area (Å²) in [6, 6.07) is 7.78. The van der Waals surface area contributed by atoms with E-state index in [2.05, 4.69) is 15.5 Å². The third kappa shape index (κ3) is 4.45. The molecular weight excluding hydrogens is 308 g/mol. The Balaban J connectivity index is 1.59. The lowest BCUT2D eigenvalue weighted by Crippen LogP contribution is -2.09. The van der Waals surface area contributed by atoms with Crippen LogP contribution in [0.2, 0.25) is 0 Å². The summed E-state index contributed by atoms with van der Waals surface area (Å²) in [4.78, 5) is 13.1. The minimum atomic E-state index is -0.0318. The number of carbonyl (C=O) groups excluding carboxylic acids is 1. The van der Waals surface area contributed by atoms with Crippen molar-refractivity contribution in [2.24, 2.45) is 7.05 Å². The molecule has 0 saturated heterocycles. The van der Waals surface area contributed by atoms with Crippen molar-refractivity contribution < 1.29 is 4.79 Å². The molecule has 1 amide bonds. The second-order valence-corrected chi connectivity index (χ2v) is 6.74. The molecule has 0 unspecified atom stereocenters. The number of hydrogen-bond donors (Lipinski definition) is 1. The first-order chi connectivity index (χ1) is 11.2. The topological polar surface area (TPSA) is 59.8 Å². The molecule has 0 aliphatic heterocycles. The molecule has 0 atom stereocenters. The van der Waals surface area contributed by atoms with Gasteiger partial charge in [0, 0.05) is 23.7 Å². The standard InChI is InChI=1S/C17H20N4OS/c1-21-12-18-20-17(21)23-15-9-7-14(8-10-15)19-16(22)11-13-5-3-2-4-6-13/h7-12H,2-6H2,1H3,(H,19,22). The van der Waals surface area contributed by atoms with Gasteiger partial charge in [0.15, 0.2) is 5.16 Å². The lowest BCUT2D eigenvalue weighted by Gasteiger charge is -2.13. The summed E-state index contributed by atoms with van der Waals surface area (Å²) < 4.78 is 1.87. The van der Waals surface area contributed by atoms with E-state index >= 15 is 0 Å². The number of rotatable bonds is 4. The Kier molecular flexibility index (Phi) is 5.12. The smallest absolute Gasteiger partial charge is 0.248 e. The fourth-order valence-electron chi connectivity index (χ4n) is 2.59. The van der Waals surface area contributed by atoms with Gasteiger partial charge in [0.05, 0.1) is 0 Å². The molecule has 23 heavy (non-hydrogen) atoms. The summed E-state index contributed by atoms with van der Waals surface area (Å²) in [6.07, 6.45) is 9.24. The zero-order valence-corrected chi connectivity index (χ0v) is 14.0. The molecule has 6 heteroatoms. The molecule has 120 valence electrons. The van der Waals surface area contributed by atoms with Crippen LogP contribution < -0.4 is 5.32 Å². The van der Waals surface area contributed by atoms with Gasteiger partial charge in [-0.05, 0) is 61.7 Å². The normalized spacial score (nSPS) is 14.6. The van der Waals surface area contributed by atoms with Gasteiger partial charge in [-0.3, -0.25) is 4.79 Å². The maximum absolute atomic E-state index is 12.1. The van der Waals surface area contributed by atoms with Gasteiger partial charge < -0.3 is 9.88 Å². The van der Waals surface area contributed by atoms with Crippen LogP contribution in [-0.2, 0) is 11.8 Å². The lowest BCUT2D eigenvalue weighted by atomic mass is 9.94. The van der Waals surface area contributed by atoms with E-state index in [0.717, 1.165) is 28.6 Å². The zero-order chi connectivity index (χ0) is 16.1. The molecule has 1 heterocycles. The van der Waals surface area contributed by atoms with Crippen LogP contribution in [0.3, 0.4) is 0 Å². The maximum Gasteiger partial charge on any atom is 0.248 e. The molecule has 2 aromatic rings. The van der Waals surface area contributed by atoms with E-state index in [0.29, 0.717) is 0 Å². The van der Waals surface area contributed by atoms with E-state index in [1.807, 2.05) is 35.9 Å². The highest BCUT2D eigenvalue weighted by Gasteiger charge is 2.08. The fourth-order valence-corrected chi connectivity index (χ4v) is 3.35. The van der Waals surface area contributed by atoms with Crippen LogP contribution in [0, 0.1) is 0 Å². The minimum absolute atomic E-state index is 0.0318. The van der Waals surface area contributed by atoms with Crippen LogP contribution >= 0.6 is 11.8 Å². The van der Waals surface area contributed by atoms with Crippen molar-refractivity contribution in [2.75, 3.05) is 5.32 Å². The molecule has 5 nitrogen and oxygen atoms in total. The number of benzene rings is 1. The van der Waals surface area contributed by atoms with E-state index in [-0.39, 0.29) is 5.91 Å². The molecule has 3 rings (SSSR count). The SMILES string of the molecule is Cn1cnnc1Sc1ccc(NC(=O)C=C2CCCCC2)cc1. The van der Waals surface area contributed by atoms with E-state index in [4.69, 9.17) is 0 Å². The van der Waals surface area contributed by atoms with E-state index in [9.17, 15) is 4.79 Å². The highest BCUT2D eigenvalue weighted by Crippen LogP contribution is 2.26. The number of allylic oxidation sites excluding steroid dienone is 1. The Labute approximate surface area is 140 Å². The van der Waals surface area contributed by atoms with E-state index in [1.165, 1.54) is 24.8 Å². The fraction of sp³-hybridized carbons (Fsp3) is 0.353. The lowest BCUT2D eigenvalue weighted by molar-refractivity contribution is -0.112. The van der Waals surface area contributed by atoms with Crippen molar-refractivity contribution >= 4 is 23.4 Å². The Morgan fingerprint density at radius 1 is 1.22 bits per heavy atom. The Hall–Kier alpha value is -2.08. The number of hydrogen-bond acceptors (Lipinski definition) is 4. The predicted molar refractivity (Wildman–Crippen MR) is 91.4 cm³/mol. The van der Waals surface area contributed by atoms with Gasteiger partial charge in [0.25, 0.3) is 0 Å². The number of carbonyl (C=O) groups is 1. The van der Waals surface area contributed by atoms with Crippen molar-refractivity contribution in [1.82, 2.24) is 14.8 Å². The number of amides is 1. The molecule has 1 aliphatic rings. The summed E-state index contributed by atoms with van der Waals surface area (Å²) in [7, 11) is 1.91. The maximum atomic E-state index is 12.1. The van der Waals surface area contributed by atoms with Gasteiger partial charge in [0.1, 0.15) is 6.33 Å². The van der Waals surface area contributed by atoms with E-state index < -0.39 is 0 Å². The summed E-state index contributed by atoms with van der Waals surface area (Å²) in [6.45, 7) is 0. The second kappa shape index (κ2) is 7.46. The van der Waals surface area contributed by atoms with Crippen LogP contribution in [0.1, 0.15) is 32.1 Å². The highest BCUT2D eigenvalue weighted by molar-refractivity contribution is 7.99. The first-order valence-corrected chi connectivity index (χ1v) is 8.65. The highest BCUT2D eigenvalue weighted by atomic mass is 32.2. The number of nitrogens with one attached hydrogen (secondary N) is 1. The Bertz CT molecular complexity index is 698. The van der Waals surface area contributed by atoms with Gasteiger partial charge in [-0.15, -0.1) is 10.2 Å². The number of nitrogens with zero attached hydrogens (tertiary/aromatic N) is 3.